The predicted octanol–water partition coefficient (Wildman–Crippen LogP) is 1.07. The first-order valence-electron chi connectivity index (χ1n) is 3.20. The van der Waals surface area contributed by atoms with E-state index >= 15 is 0 Å². The Morgan fingerprint density at radius 3 is 2.27 bits per heavy atom. The van der Waals surface area contributed by atoms with Gasteiger partial charge in [0.05, 0.1) is 0 Å². The van der Waals surface area contributed by atoms with E-state index in [1.807, 2.05) is 17.2 Å². The van der Waals surface area contributed by atoms with Crippen LogP contribution in [0.5, 0.6) is 0 Å². The molecule has 2 rings (SSSR count). The third-order valence-electron chi connectivity index (χ3n) is 1.65. The Hall–Kier alpha value is -0.410. The van der Waals surface area contributed by atoms with Crippen LogP contribution in [-0.4, -0.2) is 22.7 Å². The number of imidazole rings is 1. The third kappa shape index (κ3) is 2.01. The van der Waals surface area contributed by atoms with Gasteiger partial charge in [-0.2, -0.15) is 0 Å². The molecule has 0 saturated carbocycles. The number of rotatable bonds is 1. The second-order valence-corrected chi connectivity index (χ2v) is 2.25. The average Bonchev–Trinajstić information content (AvgIpc) is 2.11. The molecule has 1 fully saturated rings. The molecule has 1 aromatic heterocycles. The van der Waals surface area contributed by atoms with Gasteiger partial charge in [0.15, 0.2) is 0 Å². The Balaban J connectivity index is 0.000000500. The van der Waals surface area contributed by atoms with E-state index < -0.39 is 0 Å². The van der Waals surface area contributed by atoms with E-state index in [1.165, 1.54) is 19.5 Å². The van der Waals surface area contributed by atoms with Crippen LogP contribution in [0, 0.1) is 0 Å². The van der Waals surface area contributed by atoms with Crippen LogP contribution >= 0.6 is 24.8 Å². The van der Waals surface area contributed by atoms with Gasteiger partial charge < -0.3 is 5.01 Å². The fourth-order valence-electron chi connectivity index (χ4n) is 0.950. The maximum absolute atomic E-state index is 3.95. The Morgan fingerprint density at radius 1 is 1.18 bits per heavy atom. The normalized spacial score (nSPS) is 14.4. The second kappa shape index (κ2) is 4.46. The Morgan fingerprint density at radius 2 is 1.91 bits per heavy atom. The van der Waals surface area contributed by atoms with Gasteiger partial charge in [0.2, 0.25) is 0 Å². The summed E-state index contributed by atoms with van der Waals surface area (Å²) in [5, 5.41) is 2.24. The molecule has 0 atom stereocenters. The van der Waals surface area contributed by atoms with Crippen LogP contribution in [0.1, 0.15) is 6.42 Å². The quantitative estimate of drug-likeness (QED) is 0.669. The van der Waals surface area contributed by atoms with Gasteiger partial charge in [0.1, 0.15) is 6.33 Å². The van der Waals surface area contributed by atoms with Crippen molar-refractivity contribution in [2.45, 2.75) is 6.42 Å². The first-order valence-corrected chi connectivity index (χ1v) is 3.20. The topological polar surface area (TPSA) is 21.1 Å². The van der Waals surface area contributed by atoms with E-state index in [2.05, 4.69) is 9.99 Å². The number of hydrogen-bond donors (Lipinski definition) is 0. The molecular formula is C6H11Cl2N3. The van der Waals surface area contributed by atoms with Gasteiger partial charge >= 0.3 is 0 Å². The first-order chi connectivity index (χ1) is 4.47. The summed E-state index contributed by atoms with van der Waals surface area (Å²) >= 11 is 0. The summed E-state index contributed by atoms with van der Waals surface area (Å²) in [6, 6.07) is 0. The number of hydrogen-bond acceptors (Lipinski definition) is 2. The minimum absolute atomic E-state index is 0. The molecule has 11 heavy (non-hydrogen) atoms. The van der Waals surface area contributed by atoms with Crippen LogP contribution in [0.3, 0.4) is 0 Å². The van der Waals surface area contributed by atoms with E-state index in [4.69, 9.17) is 0 Å². The van der Waals surface area contributed by atoms with Crippen molar-refractivity contribution in [1.82, 2.24) is 9.66 Å². The lowest BCUT2D eigenvalue weighted by Crippen LogP contribution is -2.44. The second-order valence-electron chi connectivity index (χ2n) is 2.25. The minimum Gasteiger partial charge on any atom is -0.312 e. The summed E-state index contributed by atoms with van der Waals surface area (Å²) in [4.78, 5) is 3.95. The van der Waals surface area contributed by atoms with Crippen LogP contribution in [0.15, 0.2) is 18.7 Å². The van der Waals surface area contributed by atoms with Crippen LogP contribution < -0.4 is 5.01 Å². The number of aromatic nitrogens is 2. The lowest BCUT2D eigenvalue weighted by Gasteiger charge is -2.33. The Labute approximate surface area is 78.2 Å². The van der Waals surface area contributed by atoms with Crippen molar-refractivity contribution in [2.24, 2.45) is 0 Å². The van der Waals surface area contributed by atoms with E-state index in [1.54, 1.807) is 6.20 Å². The number of nitrogens with zero attached hydrogens (tertiary/aromatic N) is 3. The molecule has 0 aromatic carbocycles. The molecule has 1 aromatic rings. The molecule has 0 amide bonds. The molecule has 64 valence electrons. The van der Waals surface area contributed by atoms with Crippen molar-refractivity contribution in [3.05, 3.63) is 18.7 Å². The highest BCUT2D eigenvalue weighted by atomic mass is 35.5. The highest BCUT2D eigenvalue weighted by Crippen LogP contribution is 2.03. The molecule has 0 spiro atoms. The van der Waals surface area contributed by atoms with Crippen molar-refractivity contribution < 1.29 is 0 Å². The first kappa shape index (κ1) is 10.6. The SMILES string of the molecule is Cl.Cl.c1cn(N2CCC2)cn1. The number of halogens is 2. The molecule has 5 heteroatoms. The van der Waals surface area contributed by atoms with Gasteiger partial charge in [-0.25, -0.2) is 4.98 Å². The summed E-state index contributed by atoms with van der Waals surface area (Å²) in [7, 11) is 0. The van der Waals surface area contributed by atoms with E-state index in [0.29, 0.717) is 0 Å². The van der Waals surface area contributed by atoms with Gasteiger partial charge in [-0.15, -0.1) is 24.8 Å². The van der Waals surface area contributed by atoms with Crippen molar-refractivity contribution >= 4 is 24.8 Å². The van der Waals surface area contributed by atoms with Crippen molar-refractivity contribution in [3.8, 4) is 0 Å². The summed E-state index contributed by atoms with van der Waals surface area (Å²) in [6.07, 6.45) is 6.93. The van der Waals surface area contributed by atoms with Crippen LogP contribution in [0.25, 0.3) is 0 Å². The van der Waals surface area contributed by atoms with Gasteiger partial charge in [-0.3, -0.25) is 4.68 Å². The summed E-state index contributed by atoms with van der Waals surface area (Å²) in [6.45, 7) is 2.35. The molecular weight excluding hydrogens is 185 g/mol. The maximum atomic E-state index is 3.95. The Bertz CT molecular complexity index is 184. The zero-order valence-electron chi connectivity index (χ0n) is 6.01. The molecule has 0 bridgehead atoms. The van der Waals surface area contributed by atoms with Crippen LogP contribution in [0.4, 0.5) is 0 Å². The molecule has 1 aliphatic heterocycles. The van der Waals surface area contributed by atoms with Crippen molar-refractivity contribution in [1.29, 1.82) is 0 Å². The zero-order chi connectivity index (χ0) is 6.10. The fraction of sp³-hybridized carbons (Fsp3) is 0.500. The van der Waals surface area contributed by atoms with E-state index in [-0.39, 0.29) is 24.8 Å². The van der Waals surface area contributed by atoms with Gasteiger partial charge in [0, 0.05) is 25.5 Å². The molecule has 3 nitrogen and oxygen atoms in total. The average molecular weight is 196 g/mol. The smallest absolute Gasteiger partial charge is 0.114 e. The highest BCUT2D eigenvalue weighted by Gasteiger charge is 2.12. The van der Waals surface area contributed by atoms with E-state index in [9.17, 15) is 0 Å². The predicted molar refractivity (Wildman–Crippen MR) is 49.3 cm³/mol. The molecule has 1 saturated heterocycles. The lowest BCUT2D eigenvalue weighted by molar-refractivity contribution is 0.470. The Kier molecular flexibility index (Phi) is 4.30. The standard InChI is InChI=1S/C6H9N3.2ClH/c1-3-8(4-1)9-5-2-7-6-9;;/h2,5-6H,1,3-4H2;2*1H. The maximum Gasteiger partial charge on any atom is 0.114 e. The lowest BCUT2D eigenvalue weighted by atomic mass is 10.3. The molecule has 2 heterocycles. The van der Waals surface area contributed by atoms with Crippen LogP contribution in [0.2, 0.25) is 0 Å². The third-order valence-corrected chi connectivity index (χ3v) is 1.65. The fourth-order valence-corrected chi connectivity index (χ4v) is 0.950. The van der Waals surface area contributed by atoms with Gasteiger partial charge in [-0.1, -0.05) is 0 Å². The molecule has 0 aliphatic carbocycles. The highest BCUT2D eigenvalue weighted by molar-refractivity contribution is 5.85. The van der Waals surface area contributed by atoms with Gasteiger partial charge in [0.25, 0.3) is 0 Å². The van der Waals surface area contributed by atoms with E-state index in [0.717, 1.165) is 0 Å². The van der Waals surface area contributed by atoms with Gasteiger partial charge in [-0.05, 0) is 6.42 Å². The summed E-state index contributed by atoms with van der Waals surface area (Å²) < 4.78 is 2.03. The minimum atomic E-state index is 0. The molecule has 0 N–H and O–H groups in total. The molecule has 0 unspecified atom stereocenters. The summed E-state index contributed by atoms with van der Waals surface area (Å²) in [5.74, 6) is 0. The zero-order valence-corrected chi connectivity index (χ0v) is 7.64. The van der Waals surface area contributed by atoms with Crippen LogP contribution in [-0.2, 0) is 0 Å². The monoisotopic (exact) mass is 195 g/mol. The largest absolute Gasteiger partial charge is 0.312 e. The molecule has 0 radical (unpaired) electrons. The van der Waals surface area contributed by atoms with Crippen molar-refractivity contribution in [3.63, 3.8) is 0 Å². The van der Waals surface area contributed by atoms with Crippen molar-refractivity contribution in [2.75, 3.05) is 18.1 Å². The molecule has 1 aliphatic rings. The summed E-state index contributed by atoms with van der Waals surface area (Å²) in [5.41, 5.74) is 0.